The van der Waals surface area contributed by atoms with Gasteiger partial charge in [0, 0.05) is 13.6 Å². The van der Waals surface area contributed by atoms with Crippen molar-refractivity contribution >= 4 is 18.3 Å². The number of nitrogens with two attached hydrogens (primary N) is 1. The zero-order valence-electron chi connectivity index (χ0n) is 14.4. The number of hydrogen-bond acceptors (Lipinski definition) is 3. The first kappa shape index (κ1) is 20.9. The second kappa shape index (κ2) is 9.13. The quantitative estimate of drug-likeness (QED) is 0.837. The van der Waals surface area contributed by atoms with Gasteiger partial charge in [0.2, 0.25) is 5.91 Å². The molecule has 0 saturated heterocycles. The predicted molar refractivity (Wildman–Crippen MR) is 95.2 cm³/mol. The zero-order chi connectivity index (χ0) is 16.0. The Bertz CT molecular complexity index is 450. The molecule has 1 aromatic rings. The molecule has 0 aliphatic carbocycles. The summed E-state index contributed by atoms with van der Waals surface area (Å²) in [4.78, 5) is 16.2. The fourth-order valence-corrected chi connectivity index (χ4v) is 2.36. The Morgan fingerprint density at radius 3 is 2.27 bits per heavy atom. The van der Waals surface area contributed by atoms with Crippen LogP contribution >= 0.6 is 12.4 Å². The van der Waals surface area contributed by atoms with Crippen molar-refractivity contribution in [3.8, 4) is 0 Å². The fraction of sp³-hybridized carbons (Fsp3) is 0.588. The molecule has 1 rings (SSSR count). The van der Waals surface area contributed by atoms with Crippen LogP contribution in [0.2, 0.25) is 0 Å². The zero-order valence-corrected chi connectivity index (χ0v) is 15.2. The summed E-state index contributed by atoms with van der Waals surface area (Å²) in [6, 6.07) is 10.2. The minimum atomic E-state index is 0. The normalized spacial score (nSPS) is 12.7. The Balaban J connectivity index is 0.00000441. The van der Waals surface area contributed by atoms with Crippen LogP contribution < -0.4 is 5.73 Å². The van der Waals surface area contributed by atoms with Crippen LogP contribution in [0.1, 0.15) is 32.4 Å². The van der Waals surface area contributed by atoms with Crippen LogP contribution in [0.4, 0.5) is 0 Å². The summed E-state index contributed by atoms with van der Waals surface area (Å²) >= 11 is 0. The summed E-state index contributed by atoms with van der Waals surface area (Å²) in [5, 5.41) is 0. The van der Waals surface area contributed by atoms with Crippen molar-refractivity contribution in [1.29, 1.82) is 0 Å². The smallest absolute Gasteiger partial charge is 0.236 e. The second-order valence-electron chi connectivity index (χ2n) is 6.63. The average Bonchev–Trinajstić information content (AvgIpc) is 2.45. The van der Waals surface area contributed by atoms with E-state index in [9.17, 15) is 4.79 Å². The standard InChI is InChI=1S/C17H29N3O.ClH/c1-14(15-9-7-6-8-10-15)20(5)16(21)11-19(4)13-17(2,3)12-18;/h6-10,14H,11-13,18H2,1-5H3;1H. The molecule has 0 aliphatic rings. The second-order valence-corrected chi connectivity index (χ2v) is 6.63. The van der Waals surface area contributed by atoms with E-state index in [2.05, 4.69) is 32.9 Å². The molecule has 0 aliphatic heterocycles. The summed E-state index contributed by atoms with van der Waals surface area (Å²) in [7, 11) is 3.83. The van der Waals surface area contributed by atoms with Crippen LogP contribution in [0, 0.1) is 5.41 Å². The van der Waals surface area contributed by atoms with E-state index in [1.165, 1.54) is 0 Å². The average molecular weight is 328 g/mol. The van der Waals surface area contributed by atoms with Crippen molar-refractivity contribution in [2.75, 3.05) is 33.7 Å². The summed E-state index contributed by atoms with van der Waals surface area (Å²) in [5.41, 5.74) is 6.93. The minimum Gasteiger partial charge on any atom is -0.338 e. The number of likely N-dealkylation sites (N-methyl/N-ethyl adjacent to an activating group) is 2. The third-order valence-corrected chi connectivity index (χ3v) is 3.91. The topological polar surface area (TPSA) is 49.6 Å². The van der Waals surface area contributed by atoms with Crippen molar-refractivity contribution in [2.45, 2.75) is 26.8 Å². The maximum absolute atomic E-state index is 12.4. The van der Waals surface area contributed by atoms with Gasteiger partial charge in [-0.3, -0.25) is 9.69 Å². The van der Waals surface area contributed by atoms with Gasteiger partial charge in [-0.1, -0.05) is 44.2 Å². The highest BCUT2D eigenvalue weighted by atomic mass is 35.5. The molecule has 0 fully saturated rings. The molecular weight excluding hydrogens is 298 g/mol. The molecule has 0 saturated carbocycles. The number of benzene rings is 1. The van der Waals surface area contributed by atoms with E-state index >= 15 is 0 Å². The molecule has 2 N–H and O–H groups in total. The lowest BCUT2D eigenvalue weighted by atomic mass is 9.93. The van der Waals surface area contributed by atoms with E-state index in [0.29, 0.717) is 13.1 Å². The molecule has 1 unspecified atom stereocenters. The van der Waals surface area contributed by atoms with Crippen molar-refractivity contribution in [1.82, 2.24) is 9.80 Å². The number of nitrogens with zero attached hydrogens (tertiary/aromatic N) is 2. The van der Waals surface area contributed by atoms with Crippen LogP contribution in [0.15, 0.2) is 30.3 Å². The molecule has 126 valence electrons. The number of carbonyl (C=O) groups is 1. The number of amides is 1. The first-order valence-corrected chi connectivity index (χ1v) is 7.46. The Kier molecular flexibility index (Phi) is 8.68. The number of carbonyl (C=O) groups excluding carboxylic acids is 1. The molecule has 1 aromatic carbocycles. The summed E-state index contributed by atoms with van der Waals surface area (Å²) in [5.74, 6) is 0.127. The molecule has 0 spiro atoms. The van der Waals surface area contributed by atoms with Gasteiger partial charge in [-0.05, 0) is 31.5 Å². The van der Waals surface area contributed by atoms with Crippen molar-refractivity contribution in [3.05, 3.63) is 35.9 Å². The highest BCUT2D eigenvalue weighted by Crippen LogP contribution is 2.19. The molecule has 4 nitrogen and oxygen atoms in total. The molecule has 5 heteroatoms. The lowest BCUT2D eigenvalue weighted by Crippen LogP contribution is -2.43. The van der Waals surface area contributed by atoms with Gasteiger partial charge in [0.1, 0.15) is 0 Å². The van der Waals surface area contributed by atoms with Crippen LogP contribution in [0.3, 0.4) is 0 Å². The minimum absolute atomic E-state index is 0. The molecule has 0 aromatic heterocycles. The van der Waals surface area contributed by atoms with Crippen molar-refractivity contribution in [3.63, 3.8) is 0 Å². The van der Waals surface area contributed by atoms with Crippen molar-refractivity contribution in [2.24, 2.45) is 11.1 Å². The van der Waals surface area contributed by atoms with E-state index in [1.807, 2.05) is 37.2 Å². The lowest BCUT2D eigenvalue weighted by Gasteiger charge is -2.31. The Hall–Kier alpha value is -1.10. The summed E-state index contributed by atoms with van der Waals surface area (Å²) < 4.78 is 0. The maximum Gasteiger partial charge on any atom is 0.236 e. The van der Waals surface area contributed by atoms with Crippen molar-refractivity contribution < 1.29 is 4.79 Å². The molecule has 0 bridgehead atoms. The summed E-state index contributed by atoms with van der Waals surface area (Å²) in [6.45, 7) is 8.12. The molecule has 0 heterocycles. The first-order valence-electron chi connectivity index (χ1n) is 7.46. The SMILES string of the molecule is CC(c1ccccc1)N(C)C(=O)CN(C)CC(C)(C)CN.Cl. The van der Waals surface area contributed by atoms with Crippen LogP contribution in [-0.4, -0.2) is 49.4 Å². The van der Waals surface area contributed by atoms with E-state index in [4.69, 9.17) is 5.73 Å². The van der Waals surface area contributed by atoms with Crippen LogP contribution in [0.25, 0.3) is 0 Å². The lowest BCUT2D eigenvalue weighted by molar-refractivity contribution is -0.133. The van der Waals surface area contributed by atoms with E-state index < -0.39 is 0 Å². The van der Waals surface area contributed by atoms with Gasteiger partial charge >= 0.3 is 0 Å². The van der Waals surface area contributed by atoms with Gasteiger partial charge < -0.3 is 10.6 Å². The van der Waals surface area contributed by atoms with Gasteiger partial charge in [0.05, 0.1) is 12.6 Å². The number of halogens is 1. The maximum atomic E-state index is 12.4. The molecule has 22 heavy (non-hydrogen) atoms. The molecule has 0 radical (unpaired) electrons. The van der Waals surface area contributed by atoms with Gasteiger partial charge in [-0.2, -0.15) is 0 Å². The van der Waals surface area contributed by atoms with Crippen LogP contribution in [-0.2, 0) is 4.79 Å². The molecular formula is C17H30ClN3O. The number of rotatable bonds is 7. The number of hydrogen-bond donors (Lipinski definition) is 1. The third kappa shape index (κ3) is 6.34. The molecule has 1 amide bonds. The summed E-state index contributed by atoms with van der Waals surface area (Å²) in [6.07, 6.45) is 0. The van der Waals surface area contributed by atoms with Crippen LogP contribution in [0.5, 0.6) is 0 Å². The van der Waals surface area contributed by atoms with E-state index in [-0.39, 0.29) is 29.8 Å². The Morgan fingerprint density at radius 1 is 1.23 bits per heavy atom. The first-order chi connectivity index (χ1) is 9.76. The van der Waals surface area contributed by atoms with E-state index in [0.717, 1.165) is 12.1 Å². The van der Waals surface area contributed by atoms with Gasteiger partial charge in [-0.25, -0.2) is 0 Å². The Labute approximate surface area is 141 Å². The van der Waals surface area contributed by atoms with Gasteiger partial charge in [0.25, 0.3) is 0 Å². The highest BCUT2D eigenvalue weighted by molar-refractivity contribution is 5.85. The monoisotopic (exact) mass is 327 g/mol. The fourth-order valence-electron chi connectivity index (χ4n) is 2.36. The highest BCUT2D eigenvalue weighted by Gasteiger charge is 2.22. The predicted octanol–water partition coefficient (Wildman–Crippen LogP) is 2.54. The van der Waals surface area contributed by atoms with Gasteiger partial charge in [0.15, 0.2) is 0 Å². The largest absolute Gasteiger partial charge is 0.338 e. The van der Waals surface area contributed by atoms with E-state index in [1.54, 1.807) is 4.90 Å². The molecule has 1 atom stereocenters. The Morgan fingerprint density at radius 2 is 1.77 bits per heavy atom. The third-order valence-electron chi connectivity index (χ3n) is 3.91. The van der Waals surface area contributed by atoms with Gasteiger partial charge in [-0.15, -0.1) is 12.4 Å².